The van der Waals surface area contributed by atoms with E-state index in [2.05, 4.69) is 54.0 Å². The summed E-state index contributed by atoms with van der Waals surface area (Å²) in [6, 6.07) is 10.7. The van der Waals surface area contributed by atoms with Gasteiger partial charge in [-0.1, -0.05) is 11.6 Å². The van der Waals surface area contributed by atoms with E-state index in [4.69, 9.17) is 11.6 Å². The van der Waals surface area contributed by atoms with Gasteiger partial charge >= 0.3 is 0 Å². The molecule has 3 rings (SSSR count). The zero-order valence-corrected chi connectivity index (χ0v) is 10.1. The highest BCUT2D eigenvalue weighted by molar-refractivity contribution is 6.30. The Morgan fingerprint density at radius 2 is 2.06 bits per heavy atom. The summed E-state index contributed by atoms with van der Waals surface area (Å²) in [6.45, 7) is 0. The van der Waals surface area contributed by atoms with E-state index in [1.807, 2.05) is 6.07 Å². The molecule has 2 aromatic rings. The number of hydrogen-bond acceptors (Lipinski definition) is 1. The van der Waals surface area contributed by atoms with Gasteiger partial charge in [-0.15, -0.1) is 0 Å². The summed E-state index contributed by atoms with van der Waals surface area (Å²) in [7, 11) is 4.19. The third kappa shape index (κ3) is 1.24. The van der Waals surface area contributed by atoms with Crippen LogP contribution in [0.1, 0.15) is 17.3 Å². The lowest BCUT2D eigenvalue weighted by atomic mass is 10.0. The van der Waals surface area contributed by atoms with Gasteiger partial charge < -0.3 is 4.57 Å². The largest absolute Gasteiger partial charge is 0.319 e. The molecule has 1 aromatic carbocycles. The van der Waals surface area contributed by atoms with Crippen LogP contribution in [0.2, 0.25) is 5.02 Å². The molecule has 1 aliphatic rings. The first-order valence-corrected chi connectivity index (χ1v) is 5.70. The Morgan fingerprint density at radius 3 is 2.81 bits per heavy atom. The van der Waals surface area contributed by atoms with Crippen molar-refractivity contribution in [1.82, 2.24) is 9.47 Å². The Balaban J connectivity index is 2.28. The van der Waals surface area contributed by atoms with Gasteiger partial charge in [0.15, 0.2) is 0 Å². The lowest BCUT2D eigenvalue weighted by Crippen LogP contribution is -2.18. The molecule has 82 valence electrons. The highest BCUT2D eigenvalue weighted by atomic mass is 35.5. The van der Waals surface area contributed by atoms with E-state index in [1.54, 1.807) is 0 Å². The predicted octanol–water partition coefficient (Wildman–Crippen LogP) is 3.10. The van der Waals surface area contributed by atoms with Gasteiger partial charge in [0.05, 0.1) is 11.7 Å². The highest BCUT2D eigenvalue weighted by Gasteiger charge is 2.29. The van der Waals surface area contributed by atoms with Crippen molar-refractivity contribution in [2.45, 2.75) is 6.04 Å². The summed E-state index contributed by atoms with van der Waals surface area (Å²) >= 11 is 6.08. The standard InChI is InChI=1S/C13H13ClN2/c1-15(2)13-10-8-9(14)5-6-11(10)16-7-3-4-12(13)16/h3-8,13H,1-2H3. The van der Waals surface area contributed by atoms with Gasteiger partial charge in [0, 0.05) is 22.5 Å². The van der Waals surface area contributed by atoms with E-state index >= 15 is 0 Å². The summed E-state index contributed by atoms with van der Waals surface area (Å²) in [5.74, 6) is 0. The van der Waals surface area contributed by atoms with Gasteiger partial charge in [-0.3, -0.25) is 4.90 Å². The molecule has 0 bridgehead atoms. The summed E-state index contributed by atoms with van der Waals surface area (Å²) in [4.78, 5) is 2.22. The number of benzene rings is 1. The first kappa shape index (κ1) is 9.94. The molecule has 0 saturated carbocycles. The maximum atomic E-state index is 6.08. The molecule has 0 aliphatic carbocycles. The molecule has 0 N–H and O–H groups in total. The summed E-state index contributed by atoms with van der Waals surface area (Å²) in [6.07, 6.45) is 2.10. The van der Waals surface area contributed by atoms with Crippen LogP contribution in [-0.2, 0) is 0 Å². The molecule has 16 heavy (non-hydrogen) atoms. The lowest BCUT2D eigenvalue weighted by molar-refractivity contribution is 0.343. The molecule has 0 saturated heterocycles. The Morgan fingerprint density at radius 1 is 1.25 bits per heavy atom. The quantitative estimate of drug-likeness (QED) is 0.734. The Labute approximate surface area is 100 Å². The second-order valence-corrected chi connectivity index (χ2v) is 4.81. The van der Waals surface area contributed by atoms with Crippen LogP contribution in [0.25, 0.3) is 5.69 Å². The van der Waals surface area contributed by atoms with Crippen LogP contribution in [0, 0.1) is 0 Å². The molecule has 1 atom stereocenters. The van der Waals surface area contributed by atoms with Gasteiger partial charge in [-0.2, -0.15) is 0 Å². The fourth-order valence-corrected chi connectivity index (χ4v) is 2.68. The summed E-state index contributed by atoms with van der Waals surface area (Å²) in [5.41, 5.74) is 3.83. The number of halogens is 1. The average Bonchev–Trinajstić information content (AvgIpc) is 2.75. The third-order valence-corrected chi connectivity index (χ3v) is 3.36. The fourth-order valence-electron chi connectivity index (χ4n) is 2.50. The zero-order chi connectivity index (χ0) is 11.3. The number of hydrogen-bond donors (Lipinski definition) is 0. The van der Waals surface area contributed by atoms with Crippen LogP contribution in [0.15, 0.2) is 36.5 Å². The van der Waals surface area contributed by atoms with Crippen LogP contribution in [-0.4, -0.2) is 23.6 Å². The molecule has 3 heteroatoms. The lowest BCUT2D eigenvalue weighted by Gasteiger charge is -2.19. The monoisotopic (exact) mass is 232 g/mol. The number of rotatable bonds is 1. The van der Waals surface area contributed by atoms with Crippen molar-refractivity contribution in [3.63, 3.8) is 0 Å². The number of aromatic nitrogens is 1. The molecule has 2 nitrogen and oxygen atoms in total. The van der Waals surface area contributed by atoms with Crippen LogP contribution in [0.5, 0.6) is 0 Å². The topological polar surface area (TPSA) is 8.17 Å². The molecule has 2 heterocycles. The first-order valence-electron chi connectivity index (χ1n) is 5.32. The zero-order valence-electron chi connectivity index (χ0n) is 9.31. The van der Waals surface area contributed by atoms with Gasteiger partial charge in [-0.25, -0.2) is 0 Å². The van der Waals surface area contributed by atoms with Gasteiger partial charge in [0.1, 0.15) is 0 Å². The van der Waals surface area contributed by atoms with Crippen LogP contribution in [0.4, 0.5) is 0 Å². The predicted molar refractivity (Wildman–Crippen MR) is 66.3 cm³/mol. The second-order valence-electron chi connectivity index (χ2n) is 4.37. The Bertz CT molecular complexity index is 543. The van der Waals surface area contributed by atoms with Crippen molar-refractivity contribution in [2.75, 3.05) is 14.1 Å². The van der Waals surface area contributed by atoms with Crippen molar-refractivity contribution in [1.29, 1.82) is 0 Å². The van der Waals surface area contributed by atoms with E-state index in [-0.39, 0.29) is 0 Å². The number of fused-ring (bicyclic) bond motifs is 3. The normalized spacial score (nSPS) is 17.6. The molecule has 0 radical (unpaired) electrons. The van der Waals surface area contributed by atoms with E-state index in [9.17, 15) is 0 Å². The van der Waals surface area contributed by atoms with Gasteiger partial charge in [0.2, 0.25) is 0 Å². The maximum absolute atomic E-state index is 6.08. The van der Waals surface area contributed by atoms with Crippen LogP contribution in [0.3, 0.4) is 0 Å². The minimum atomic E-state index is 0.309. The van der Waals surface area contributed by atoms with Crippen LogP contribution >= 0.6 is 11.6 Å². The van der Waals surface area contributed by atoms with E-state index in [1.165, 1.54) is 16.9 Å². The Kier molecular flexibility index (Phi) is 2.09. The minimum Gasteiger partial charge on any atom is -0.319 e. The molecular formula is C13H13ClN2. The molecule has 1 aromatic heterocycles. The molecule has 0 fully saturated rings. The van der Waals surface area contributed by atoms with Crippen molar-refractivity contribution in [3.8, 4) is 5.69 Å². The Hall–Kier alpha value is -1.25. The van der Waals surface area contributed by atoms with Crippen molar-refractivity contribution >= 4 is 11.6 Å². The molecule has 1 aliphatic heterocycles. The van der Waals surface area contributed by atoms with Gasteiger partial charge in [-0.05, 0) is 44.4 Å². The van der Waals surface area contributed by atoms with E-state index in [0.29, 0.717) is 6.04 Å². The van der Waals surface area contributed by atoms with E-state index in [0.717, 1.165) is 5.02 Å². The summed E-state index contributed by atoms with van der Waals surface area (Å²) in [5, 5.41) is 0.802. The third-order valence-electron chi connectivity index (χ3n) is 3.12. The number of nitrogens with zero attached hydrogens (tertiary/aromatic N) is 2. The molecular weight excluding hydrogens is 220 g/mol. The fraction of sp³-hybridized carbons (Fsp3) is 0.231. The molecule has 1 unspecified atom stereocenters. The van der Waals surface area contributed by atoms with Crippen molar-refractivity contribution in [3.05, 3.63) is 52.8 Å². The summed E-state index contributed by atoms with van der Waals surface area (Å²) < 4.78 is 2.23. The minimum absolute atomic E-state index is 0.309. The second kappa shape index (κ2) is 3.37. The van der Waals surface area contributed by atoms with Crippen molar-refractivity contribution in [2.24, 2.45) is 0 Å². The van der Waals surface area contributed by atoms with Crippen LogP contribution < -0.4 is 0 Å². The SMILES string of the molecule is CN(C)C1c2cc(Cl)ccc2-n2cccc21. The van der Waals surface area contributed by atoms with Gasteiger partial charge in [0.25, 0.3) is 0 Å². The average molecular weight is 233 g/mol. The molecule has 0 amide bonds. The van der Waals surface area contributed by atoms with Crippen molar-refractivity contribution < 1.29 is 0 Å². The first-order chi connectivity index (χ1) is 7.68. The molecule has 0 spiro atoms. The van der Waals surface area contributed by atoms with E-state index < -0.39 is 0 Å². The maximum Gasteiger partial charge on any atom is 0.0775 e. The highest BCUT2D eigenvalue weighted by Crippen LogP contribution is 2.40. The smallest absolute Gasteiger partial charge is 0.0775 e.